The van der Waals surface area contributed by atoms with Crippen LogP contribution in [0.15, 0.2) is 42.5 Å². The fourth-order valence-corrected chi connectivity index (χ4v) is 3.81. The van der Waals surface area contributed by atoms with E-state index in [2.05, 4.69) is 4.98 Å². The highest BCUT2D eigenvalue weighted by Gasteiger charge is 2.28. The first-order valence-corrected chi connectivity index (χ1v) is 9.37. The Labute approximate surface area is 162 Å². The number of nitrogens with one attached hydrogen (secondary N) is 1. The van der Waals surface area contributed by atoms with Gasteiger partial charge in [-0.15, -0.1) is 0 Å². The first-order chi connectivity index (χ1) is 13.4. The van der Waals surface area contributed by atoms with Crippen molar-refractivity contribution in [2.75, 3.05) is 26.2 Å². The van der Waals surface area contributed by atoms with E-state index in [1.807, 2.05) is 38.1 Å². The van der Waals surface area contributed by atoms with Crippen LogP contribution >= 0.6 is 0 Å². The average molecular weight is 379 g/mol. The second-order valence-corrected chi connectivity index (χ2v) is 7.27. The largest absolute Gasteiger partial charge is 0.358 e. The summed E-state index contributed by atoms with van der Waals surface area (Å²) < 4.78 is 13.7. The Bertz CT molecular complexity index is 1060. The lowest BCUT2D eigenvalue weighted by molar-refractivity contribution is 0.0536. The zero-order valence-corrected chi connectivity index (χ0v) is 16.0. The molecular weight excluding hydrogens is 357 g/mol. The number of aromatic amines is 1. The van der Waals surface area contributed by atoms with Crippen LogP contribution in [0.1, 0.15) is 32.0 Å². The van der Waals surface area contributed by atoms with Crippen LogP contribution in [0.3, 0.4) is 0 Å². The van der Waals surface area contributed by atoms with Crippen molar-refractivity contribution in [2.24, 2.45) is 0 Å². The topological polar surface area (TPSA) is 56.4 Å². The van der Waals surface area contributed by atoms with Gasteiger partial charge in [-0.3, -0.25) is 9.59 Å². The molecule has 4 rings (SSSR count). The predicted octanol–water partition coefficient (Wildman–Crippen LogP) is 3.52. The number of amides is 2. The van der Waals surface area contributed by atoms with E-state index in [0.29, 0.717) is 42.7 Å². The third-order valence-corrected chi connectivity index (χ3v) is 5.28. The van der Waals surface area contributed by atoms with Gasteiger partial charge in [-0.05, 0) is 44.2 Å². The van der Waals surface area contributed by atoms with Gasteiger partial charge in [-0.2, -0.15) is 0 Å². The van der Waals surface area contributed by atoms with Crippen LogP contribution in [-0.2, 0) is 0 Å². The molecule has 0 aliphatic carbocycles. The van der Waals surface area contributed by atoms with E-state index in [4.69, 9.17) is 0 Å². The minimum atomic E-state index is -0.367. The molecule has 2 heterocycles. The maximum atomic E-state index is 13.7. The molecule has 0 spiro atoms. The van der Waals surface area contributed by atoms with Crippen molar-refractivity contribution >= 4 is 22.7 Å². The summed E-state index contributed by atoms with van der Waals surface area (Å²) in [6.07, 6.45) is 0. The summed E-state index contributed by atoms with van der Waals surface area (Å²) >= 11 is 0. The number of carbonyl (C=O) groups excluding carboxylic acids is 2. The molecule has 1 aliphatic heterocycles. The van der Waals surface area contributed by atoms with Crippen molar-refractivity contribution in [3.8, 4) is 0 Å². The van der Waals surface area contributed by atoms with Crippen molar-refractivity contribution in [1.82, 2.24) is 14.8 Å². The number of aryl methyl sites for hydroxylation is 2. The number of hydrogen-bond acceptors (Lipinski definition) is 2. The maximum Gasteiger partial charge on any atom is 0.256 e. The van der Waals surface area contributed by atoms with E-state index in [0.717, 1.165) is 16.8 Å². The highest BCUT2D eigenvalue weighted by Crippen LogP contribution is 2.25. The zero-order valence-electron chi connectivity index (χ0n) is 16.0. The monoisotopic (exact) mass is 379 g/mol. The summed E-state index contributed by atoms with van der Waals surface area (Å²) in [5, 5.41) is 0.598. The lowest BCUT2D eigenvalue weighted by atomic mass is 10.1. The quantitative estimate of drug-likeness (QED) is 0.741. The Kier molecular flexibility index (Phi) is 4.63. The van der Waals surface area contributed by atoms with Crippen LogP contribution in [-0.4, -0.2) is 52.8 Å². The first-order valence-electron chi connectivity index (χ1n) is 9.37. The van der Waals surface area contributed by atoms with Crippen LogP contribution in [0.2, 0.25) is 0 Å². The SMILES string of the molecule is Cc1cccc(C(=O)N2CCN(C(=O)c3c(C)[nH]c4ccc(F)cc34)CC2)c1. The van der Waals surface area contributed by atoms with Gasteiger partial charge < -0.3 is 14.8 Å². The highest BCUT2D eigenvalue weighted by atomic mass is 19.1. The third kappa shape index (κ3) is 3.26. The van der Waals surface area contributed by atoms with Crippen molar-refractivity contribution in [3.63, 3.8) is 0 Å². The second-order valence-electron chi connectivity index (χ2n) is 7.27. The fraction of sp³-hybridized carbons (Fsp3) is 0.273. The number of fused-ring (bicyclic) bond motifs is 1. The number of carbonyl (C=O) groups is 2. The Hall–Kier alpha value is -3.15. The van der Waals surface area contributed by atoms with Crippen molar-refractivity contribution in [1.29, 1.82) is 0 Å². The summed E-state index contributed by atoms with van der Waals surface area (Å²) in [5.41, 5.74) is 3.69. The number of nitrogens with zero attached hydrogens (tertiary/aromatic N) is 2. The van der Waals surface area contributed by atoms with Crippen LogP contribution in [0.5, 0.6) is 0 Å². The van der Waals surface area contributed by atoms with E-state index >= 15 is 0 Å². The zero-order chi connectivity index (χ0) is 19.8. The number of aromatic nitrogens is 1. The summed E-state index contributed by atoms with van der Waals surface area (Å²) in [6.45, 7) is 5.65. The normalized spacial score (nSPS) is 14.5. The predicted molar refractivity (Wildman–Crippen MR) is 106 cm³/mol. The van der Waals surface area contributed by atoms with Gasteiger partial charge in [-0.1, -0.05) is 17.7 Å². The molecule has 0 radical (unpaired) electrons. The molecule has 6 heteroatoms. The molecule has 0 atom stereocenters. The van der Waals surface area contributed by atoms with Crippen LogP contribution in [0.25, 0.3) is 10.9 Å². The number of rotatable bonds is 2. The van der Waals surface area contributed by atoms with Gasteiger partial charge in [0.2, 0.25) is 0 Å². The lowest BCUT2D eigenvalue weighted by Crippen LogP contribution is -2.50. The number of H-pyrrole nitrogens is 1. The van der Waals surface area contributed by atoms with Gasteiger partial charge in [0, 0.05) is 48.3 Å². The molecular formula is C22H22FN3O2. The van der Waals surface area contributed by atoms with Gasteiger partial charge in [0.1, 0.15) is 5.82 Å². The molecule has 1 aliphatic rings. The summed E-state index contributed by atoms with van der Waals surface area (Å²) in [6, 6.07) is 11.9. The molecule has 1 saturated heterocycles. The van der Waals surface area contributed by atoms with Crippen molar-refractivity contribution in [3.05, 3.63) is 70.7 Å². The van der Waals surface area contributed by atoms with Gasteiger partial charge in [0.15, 0.2) is 0 Å². The number of piperazine rings is 1. The van der Waals surface area contributed by atoms with Crippen LogP contribution < -0.4 is 0 Å². The molecule has 0 bridgehead atoms. The van der Waals surface area contributed by atoms with Gasteiger partial charge in [-0.25, -0.2) is 4.39 Å². The molecule has 3 aromatic rings. The van der Waals surface area contributed by atoms with E-state index < -0.39 is 0 Å². The second kappa shape index (κ2) is 7.11. The minimum absolute atomic E-state index is 0.0128. The van der Waals surface area contributed by atoms with Gasteiger partial charge >= 0.3 is 0 Å². The van der Waals surface area contributed by atoms with Crippen LogP contribution in [0, 0.1) is 19.7 Å². The van der Waals surface area contributed by atoms with Gasteiger partial charge in [0.25, 0.3) is 11.8 Å². The van der Waals surface area contributed by atoms with Crippen molar-refractivity contribution < 1.29 is 14.0 Å². The third-order valence-electron chi connectivity index (χ3n) is 5.28. The highest BCUT2D eigenvalue weighted by molar-refractivity contribution is 6.08. The van der Waals surface area contributed by atoms with E-state index in [-0.39, 0.29) is 17.6 Å². The van der Waals surface area contributed by atoms with E-state index in [1.165, 1.54) is 12.1 Å². The molecule has 1 fully saturated rings. The Morgan fingerprint density at radius 3 is 2.29 bits per heavy atom. The molecule has 28 heavy (non-hydrogen) atoms. The Morgan fingerprint density at radius 2 is 1.61 bits per heavy atom. The fourth-order valence-electron chi connectivity index (χ4n) is 3.81. The molecule has 144 valence electrons. The molecule has 2 aromatic carbocycles. The molecule has 0 saturated carbocycles. The average Bonchev–Trinajstić information content (AvgIpc) is 3.02. The minimum Gasteiger partial charge on any atom is -0.358 e. The summed E-state index contributed by atoms with van der Waals surface area (Å²) in [4.78, 5) is 32.4. The number of halogens is 1. The van der Waals surface area contributed by atoms with Crippen molar-refractivity contribution in [2.45, 2.75) is 13.8 Å². The molecule has 5 nitrogen and oxygen atoms in total. The summed E-state index contributed by atoms with van der Waals surface area (Å²) in [5.74, 6) is -0.507. The smallest absolute Gasteiger partial charge is 0.256 e. The van der Waals surface area contributed by atoms with E-state index in [9.17, 15) is 14.0 Å². The molecule has 2 amide bonds. The standard InChI is InChI=1S/C22H22FN3O2/c1-14-4-3-5-16(12-14)21(27)25-8-10-26(11-9-25)22(28)20-15(2)24-19-7-6-17(23)13-18(19)20/h3-7,12-13,24H,8-11H2,1-2H3. The maximum absolute atomic E-state index is 13.7. The first kappa shape index (κ1) is 18.2. The Balaban J connectivity index is 1.50. The number of hydrogen-bond donors (Lipinski definition) is 1. The molecule has 0 unspecified atom stereocenters. The lowest BCUT2D eigenvalue weighted by Gasteiger charge is -2.35. The molecule has 1 N–H and O–H groups in total. The summed E-state index contributed by atoms with van der Waals surface area (Å²) in [7, 11) is 0. The Morgan fingerprint density at radius 1 is 0.929 bits per heavy atom. The molecule has 1 aromatic heterocycles. The van der Waals surface area contributed by atoms with Gasteiger partial charge in [0.05, 0.1) is 5.56 Å². The van der Waals surface area contributed by atoms with Crippen LogP contribution in [0.4, 0.5) is 4.39 Å². The number of benzene rings is 2. The van der Waals surface area contributed by atoms with E-state index in [1.54, 1.807) is 15.9 Å².